The molecule has 0 radical (unpaired) electrons. The summed E-state index contributed by atoms with van der Waals surface area (Å²) in [4.78, 5) is 23.1. The van der Waals surface area contributed by atoms with Gasteiger partial charge < -0.3 is 9.84 Å². The van der Waals surface area contributed by atoms with E-state index >= 15 is 0 Å². The van der Waals surface area contributed by atoms with E-state index in [2.05, 4.69) is 21.1 Å². The van der Waals surface area contributed by atoms with Crippen molar-refractivity contribution in [2.45, 2.75) is 13.2 Å². The zero-order chi connectivity index (χ0) is 17.1. The van der Waals surface area contributed by atoms with Crippen LogP contribution in [0.25, 0.3) is 10.9 Å². The first-order valence-electron chi connectivity index (χ1n) is 7.13. The van der Waals surface area contributed by atoms with E-state index in [1.807, 2.05) is 30.3 Å². The predicted octanol–water partition coefficient (Wildman–Crippen LogP) is 4.25. The smallest absolute Gasteiger partial charge is 0.326 e. The summed E-state index contributed by atoms with van der Waals surface area (Å²) in [5.74, 6) is -0.877. The van der Waals surface area contributed by atoms with Crippen molar-refractivity contribution in [3.8, 4) is 5.88 Å². The fraction of sp³-hybridized carbons (Fsp3) is 0.118. The van der Waals surface area contributed by atoms with E-state index in [1.165, 1.54) is 4.57 Å². The van der Waals surface area contributed by atoms with E-state index in [4.69, 9.17) is 4.74 Å². The van der Waals surface area contributed by atoms with E-state index in [9.17, 15) is 14.8 Å². The largest absolute Gasteiger partial charge is 0.493 e. The number of aromatic hydroxyl groups is 1. The number of benzene rings is 2. The average molecular weight is 389 g/mol. The third-order valence-corrected chi connectivity index (χ3v) is 4.09. The van der Waals surface area contributed by atoms with Crippen molar-refractivity contribution in [1.29, 1.82) is 0 Å². The molecule has 3 rings (SSSR count). The summed E-state index contributed by atoms with van der Waals surface area (Å²) in [6.45, 7) is -0.0801. The lowest BCUT2D eigenvalue weighted by atomic mass is 10.2. The molecule has 0 amide bonds. The molecule has 7 heteroatoms. The van der Waals surface area contributed by atoms with Crippen LogP contribution in [0.3, 0.4) is 0 Å². The fourth-order valence-electron chi connectivity index (χ4n) is 2.45. The van der Waals surface area contributed by atoms with E-state index in [0.29, 0.717) is 10.9 Å². The molecule has 0 saturated carbocycles. The Morgan fingerprint density at radius 2 is 1.96 bits per heavy atom. The molecule has 3 aromatic rings. The third-order valence-electron chi connectivity index (χ3n) is 3.59. The molecule has 24 heavy (non-hydrogen) atoms. The van der Waals surface area contributed by atoms with Crippen molar-refractivity contribution in [2.75, 3.05) is 0 Å². The Morgan fingerprint density at radius 3 is 2.67 bits per heavy atom. The van der Waals surface area contributed by atoms with Crippen LogP contribution in [-0.2, 0) is 22.7 Å². The van der Waals surface area contributed by atoms with Gasteiger partial charge in [0.2, 0.25) is 5.88 Å². The number of fused-ring (bicyclic) bond motifs is 1. The number of carbonyl (C=O) groups is 1. The van der Waals surface area contributed by atoms with Gasteiger partial charge in [0.05, 0.1) is 5.52 Å². The van der Waals surface area contributed by atoms with E-state index in [0.717, 1.165) is 10.0 Å². The van der Waals surface area contributed by atoms with Crippen LogP contribution in [0.1, 0.15) is 5.56 Å². The maximum absolute atomic E-state index is 12.1. The number of esters is 1. The minimum Gasteiger partial charge on any atom is -0.493 e. The molecular formula is C17H13BrN2O4. The normalized spacial score (nSPS) is 10.7. The molecule has 0 fully saturated rings. The van der Waals surface area contributed by atoms with Gasteiger partial charge in [-0.1, -0.05) is 46.3 Å². The molecule has 0 aliphatic rings. The van der Waals surface area contributed by atoms with Gasteiger partial charge in [-0.3, -0.25) is 9.36 Å². The first kappa shape index (κ1) is 16.2. The lowest BCUT2D eigenvalue weighted by Gasteiger charge is -2.08. The van der Waals surface area contributed by atoms with Gasteiger partial charge in [0.1, 0.15) is 13.2 Å². The highest BCUT2D eigenvalue weighted by molar-refractivity contribution is 9.10. The Hall–Kier alpha value is -2.67. The van der Waals surface area contributed by atoms with Crippen molar-refractivity contribution in [3.63, 3.8) is 0 Å². The summed E-state index contributed by atoms with van der Waals surface area (Å²) in [5.41, 5.74) is 1.30. The van der Waals surface area contributed by atoms with E-state index in [1.54, 1.807) is 18.2 Å². The molecule has 0 unspecified atom stereocenters. The van der Waals surface area contributed by atoms with Gasteiger partial charge in [0.25, 0.3) is 0 Å². The van der Waals surface area contributed by atoms with Crippen molar-refractivity contribution in [2.24, 2.45) is 5.18 Å². The molecular weight excluding hydrogens is 376 g/mol. The van der Waals surface area contributed by atoms with Crippen molar-refractivity contribution in [3.05, 3.63) is 63.5 Å². The number of nitroso groups, excluding NO2 is 1. The van der Waals surface area contributed by atoms with Gasteiger partial charge >= 0.3 is 5.97 Å². The highest BCUT2D eigenvalue weighted by Crippen LogP contribution is 2.39. The molecule has 2 aromatic carbocycles. The Kier molecular flexibility index (Phi) is 4.61. The lowest BCUT2D eigenvalue weighted by Crippen LogP contribution is -2.13. The topological polar surface area (TPSA) is 80.9 Å². The first-order chi connectivity index (χ1) is 11.6. The summed E-state index contributed by atoms with van der Waals surface area (Å²) in [6, 6.07) is 14.4. The number of hydrogen-bond acceptors (Lipinski definition) is 5. The zero-order valence-corrected chi connectivity index (χ0v) is 14.1. The van der Waals surface area contributed by atoms with Crippen LogP contribution in [0.5, 0.6) is 5.88 Å². The molecule has 6 nitrogen and oxygen atoms in total. The summed E-state index contributed by atoms with van der Waals surface area (Å²) >= 11 is 3.33. The summed E-state index contributed by atoms with van der Waals surface area (Å²) in [7, 11) is 0. The Balaban J connectivity index is 1.84. The standard InChI is InChI=1S/C17H13BrN2O4/c18-12-6-7-13-14(8-12)20(17(22)16(13)19-23)9-15(21)24-10-11-4-2-1-3-5-11/h1-8,22H,9-10H2. The summed E-state index contributed by atoms with van der Waals surface area (Å²) in [6.07, 6.45) is 0. The number of ether oxygens (including phenoxy) is 1. The van der Waals surface area contributed by atoms with Crippen LogP contribution in [0.4, 0.5) is 5.69 Å². The van der Waals surface area contributed by atoms with Gasteiger partial charge in [-0.05, 0) is 28.9 Å². The Morgan fingerprint density at radius 1 is 1.21 bits per heavy atom. The second kappa shape index (κ2) is 6.84. The van der Waals surface area contributed by atoms with Crippen LogP contribution in [0.15, 0.2) is 58.2 Å². The van der Waals surface area contributed by atoms with Crippen LogP contribution in [-0.4, -0.2) is 15.6 Å². The summed E-state index contributed by atoms with van der Waals surface area (Å²) < 4.78 is 7.28. The Labute approximate surface area is 145 Å². The van der Waals surface area contributed by atoms with Gasteiger partial charge in [-0.15, -0.1) is 4.91 Å². The van der Waals surface area contributed by atoms with Crippen LogP contribution < -0.4 is 0 Å². The van der Waals surface area contributed by atoms with Crippen molar-refractivity contribution >= 4 is 38.5 Å². The van der Waals surface area contributed by atoms with Crippen LogP contribution in [0, 0.1) is 4.91 Å². The molecule has 0 aliphatic carbocycles. The first-order valence-corrected chi connectivity index (χ1v) is 7.93. The van der Waals surface area contributed by atoms with Crippen molar-refractivity contribution < 1.29 is 14.6 Å². The van der Waals surface area contributed by atoms with Crippen molar-refractivity contribution in [1.82, 2.24) is 4.57 Å². The number of hydrogen-bond donors (Lipinski definition) is 1. The molecule has 0 aliphatic heterocycles. The SMILES string of the molecule is O=Nc1c(O)n(CC(=O)OCc2ccccc2)c2cc(Br)ccc12. The average Bonchev–Trinajstić information content (AvgIpc) is 2.85. The molecule has 0 spiro atoms. The third kappa shape index (κ3) is 3.16. The number of nitrogens with zero attached hydrogens (tertiary/aromatic N) is 2. The number of halogens is 1. The van der Waals surface area contributed by atoms with Gasteiger partial charge in [0, 0.05) is 9.86 Å². The summed E-state index contributed by atoms with van der Waals surface area (Å²) in [5, 5.41) is 13.5. The van der Waals surface area contributed by atoms with Gasteiger partial charge in [-0.2, -0.15) is 0 Å². The maximum atomic E-state index is 12.1. The van der Waals surface area contributed by atoms with Gasteiger partial charge in [0.15, 0.2) is 5.69 Å². The fourth-order valence-corrected chi connectivity index (χ4v) is 2.80. The maximum Gasteiger partial charge on any atom is 0.326 e. The molecule has 0 bridgehead atoms. The zero-order valence-electron chi connectivity index (χ0n) is 12.5. The highest BCUT2D eigenvalue weighted by Gasteiger charge is 2.20. The quantitative estimate of drug-likeness (QED) is 0.523. The monoisotopic (exact) mass is 388 g/mol. The molecule has 1 aromatic heterocycles. The highest BCUT2D eigenvalue weighted by atomic mass is 79.9. The lowest BCUT2D eigenvalue weighted by molar-refractivity contribution is -0.145. The van der Waals surface area contributed by atoms with E-state index in [-0.39, 0.29) is 24.7 Å². The molecule has 122 valence electrons. The predicted molar refractivity (Wildman–Crippen MR) is 93.0 cm³/mol. The molecule has 1 heterocycles. The number of rotatable bonds is 5. The van der Waals surface area contributed by atoms with Gasteiger partial charge in [-0.25, -0.2) is 0 Å². The minimum atomic E-state index is -0.525. The Bertz CT molecular complexity index is 906. The van der Waals surface area contributed by atoms with E-state index < -0.39 is 5.97 Å². The molecule has 0 atom stereocenters. The van der Waals surface area contributed by atoms with Crippen LogP contribution >= 0.6 is 15.9 Å². The molecule has 1 N–H and O–H groups in total. The second-order valence-corrected chi connectivity index (χ2v) is 6.07. The van der Waals surface area contributed by atoms with Crippen LogP contribution in [0.2, 0.25) is 0 Å². The second-order valence-electron chi connectivity index (χ2n) is 5.16. The number of aromatic nitrogens is 1. The number of carbonyl (C=O) groups excluding carboxylic acids is 1. The molecule has 0 saturated heterocycles. The minimum absolute atomic E-state index is 0.0895.